The van der Waals surface area contributed by atoms with E-state index >= 15 is 0 Å². The van der Waals surface area contributed by atoms with E-state index in [0.29, 0.717) is 16.5 Å². The number of rotatable bonds is 10. The molecule has 10 nitrogen and oxygen atoms in total. The summed E-state index contributed by atoms with van der Waals surface area (Å²) in [6.45, 7) is 2.86. The number of carbonyl (C=O) groups is 3. The molecule has 0 spiro atoms. The van der Waals surface area contributed by atoms with Gasteiger partial charge in [-0.25, -0.2) is 13.2 Å². The fourth-order valence-electron chi connectivity index (χ4n) is 3.31. The van der Waals surface area contributed by atoms with Gasteiger partial charge in [0.1, 0.15) is 22.9 Å². The van der Waals surface area contributed by atoms with Gasteiger partial charge in [-0.05, 0) is 38.1 Å². The van der Waals surface area contributed by atoms with Crippen LogP contribution in [0, 0.1) is 6.92 Å². The third-order valence-corrected chi connectivity index (χ3v) is 8.98. The molecule has 12 heteroatoms. The fourth-order valence-corrected chi connectivity index (χ4v) is 6.78. The van der Waals surface area contributed by atoms with Crippen LogP contribution in [0.5, 0.6) is 5.75 Å². The first-order valence-corrected chi connectivity index (χ1v) is 13.6. The number of nitrogens with one attached hydrogen (secondary N) is 1. The van der Waals surface area contributed by atoms with E-state index < -0.39 is 44.7 Å². The molecule has 2 aromatic carbocycles. The van der Waals surface area contributed by atoms with Crippen LogP contribution in [0.25, 0.3) is 0 Å². The highest BCUT2D eigenvalue weighted by atomic mass is 33.1. The van der Waals surface area contributed by atoms with Gasteiger partial charge in [-0.2, -0.15) is 0 Å². The van der Waals surface area contributed by atoms with E-state index in [9.17, 15) is 22.8 Å². The van der Waals surface area contributed by atoms with E-state index in [4.69, 9.17) is 14.2 Å². The van der Waals surface area contributed by atoms with E-state index in [1.165, 1.54) is 26.2 Å². The number of allylic oxidation sites excluding steroid dienone is 1. The van der Waals surface area contributed by atoms with Crippen molar-refractivity contribution in [2.75, 3.05) is 20.8 Å². The summed E-state index contributed by atoms with van der Waals surface area (Å²) >= 11 is 0. The summed E-state index contributed by atoms with van der Waals surface area (Å²) in [5, 5.41) is 1.34. The minimum absolute atomic E-state index is 0.0157. The maximum Gasteiger partial charge on any atom is 0.358 e. The Morgan fingerprint density at radius 2 is 1.67 bits per heavy atom. The van der Waals surface area contributed by atoms with Gasteiger partial charge < -0.3 is 19.5 Å². The van der Waals surface area contributed by atoms with Gasteiger partial charge in [0.15, 0.2) is 12.3 Å². The van der Waals surface area contributed by atoms with Gasteiger partial charge in [-0.1, -0.05) is 35.9 Å². The molecule has 36 heavy (non-hydrogen) atoms. The van der Waals surface area contributed by atoms with Crippen LogP contribution in [0.2, 0.25) is 0 Å². The SMILES string of the molecule is COC(=O)/C(=C(\C)OC)N1C(=O)C(NC(=O)COc2ccccc2)C1SS(=O)(=O)c1ccc(C)cc1. The Kier molecular flexibility index (Phi) is 8.64. The highest BCUT2D eigenvalue weighted by Crippen LogP contribution is 2.40. The van der Waals surface area contributed by atoms with Gasteiger partial charge in [0.05, 0.1) is 19.1 Å². The average molecular weight is 535 g/mol. The molecule has 2 unspecified atom stereocenters. The van der Waals surface area contributed by atoms with Gasteiger partial charge in [-0.15, -0.1) is 0 Å². The van der Waals surface area contributed by atoms with Crippen molar-refractivity contribution in [2.45, 2.75) is 30.2 Å². The van der Waals surface area contributed by atoms with Crippen LogP contribution in [-0.2, 0) is 32.7 Å². The summed E-state index contributed by atoms with van der Waals surface area (Å²) < 4.78 is 41.7. The number of benzene rings is 2. The van der Waals surface area contributed by atoms with Crippen LogP contribution >= 0.6 is 10.8 Å². The molecule has 0 bridgehead atoms. The number of aryl methyl sites for hydroxylation is 1. The third kappa shape index (κ3) is 6.00. The zero-order valence-electron chi connectivity index (χ0n) is 20.1. The molecule has 1 saturated heterocycles. The van der Waals surface area contributed by atoms with E-state index in [1.807, 2.05) is 6.92 Å². The molecule has 0 radical (unpaired) electrons. The molecule has 2 aromatic rings. The summed E-state index contributed by atoms with van der Waals surface area (Å²) in [5.41, 5.74) is 0.613. The lowest BCUT2D eigenvalue weighted by Crippen LogP contribution is -2.70. The number of nitrogens with zero attached hydrogens (tertiary/aromatic N) is 1. The molecule has 1 heterocycles. The number of β-lactam (4-membered cyclic amide) rings is 1. The normalized spacial score (nSPS) is 18.0. The highest BCUT2D eigenvalue weighted by Gasteiger charge is 2.54. The number of methoxy groups -OCH3 is 2. The lowest BCUT2D eigenvalue weighted by molar-refractivity contribution is -0.152. The molecular weight excluding hydrogens is 508 g/mol. The number of hydrogen-bond donors (Lipinski definition) is 1. The van der Waals surface area contributed by atoms with Crippen molar-refractivity contribution in [1.29, 1.82) is 0 Å². The number of esters is 1. The zero-order chi connectivity index (χ0) is 26.5. The van der Waals surface area contributed by atoms with E-state index in [0.717, 1.165) is 17.6 Å². The van der Waals surface area contributed by atoms with Crippen LogP contribution < -0.4 is 10.1 Å². The minimum Gasteiger partial charge on any atom is -0.499 e. The Morgan fingerprint density at radius 1 is 1.03 bits per heavy atom. The van der Waals surface area contributed by atoms with E-state index in [2.05, 4.69) is 5.32 Å². The number of hydrogen-bond acceptors (Lipinski definition) is 9. The summed E-state index contributed by atoms with van der Waals surface area (Å²) in [6, 6.07) is 13.5. The number of ether oxygens (including phenoxy) is 3. The summed E-state index contributed by atoms with van der Waals surface area (Å²) in [4.78, 5) is 39.1. The maximum atomic E-state index is 13.2. The first-order chi connectivity index (χ1) is 17.1. The monoisotopic (exact) mass is 534 g/mol. The molecule has 2 atom stereocenters. The summed E-state index contributed by atoms with van der Waals surface area (Å²) in [7, 11) is -1.13. The van der Waals surface area contributed by atoms with Gasteiger partial charge in [0.2, 0.25) is 8.87 Å². The molecule has 192 valence electrons. The molecule has 2 amide bonds. The molecule has 0 aliphatic carbocycles. The number of amides is 2. The van der Waals surface area contributed by atoms with Crippen LogP contribution in [0.1, 0.15) is 12.5 Å². The summed E-state index contributed by atoms with van der Waals surface area (Å²) in [5.74, 6) is -1.73. The standard InChI is InChI=1S/C24H26N2O8S2/c1-15-10-12-18(13-11-15)36(30,31)35-23-20(25-19(27)14-34-17-8-6-5-7-9-17)22(28)26(23)21(16(2)32-3)24(29)33-4/h5-13,20,23H,14H2,1-4H3,(H,25,27)/b21-16-. The average Bonchev–Trinajstić information content (AvgIpc) is 2.88. The second-order valence-corrected chi connectivity index (χ2v) is 11.7. The first-order valence-electron chi connectivity index (χ1n) is 10.7. The third-order valence-electron chi connectivity index (χ3n) is 5.27. The summed E-state index contributed by atoms with van der Waals surface area (Å²) in [6.07, 6.45) is 0. The lowest BCUT2D eigenvalue weighted by atomic mass is 10.1. The predicted molar refractivity (Wildman–Crippen MR) is 132 cm³/mol. The van der Waals surface area contributed by atoms with Crippen LogP contribution in [0.4, 0.5) is 0 Å². The second-order valence-electron chi connectivity index (χ2n) is 7.71. The van der Waals surface area contributed by atoms with Crippen molar-refractivity contribution in [1.82, 2.24) is 10.2 Å². The molecule has 0 aromatic heterocycles. The van der Waals surface area contributed by atoms with Crippen molar-refractivity contribution in [3.8, 4) is 5.75 Å². The first kappa shape index (κ1) is 27.1. The van der Waals surface area contributed by atoms with E-state index in [-0.39, 0.29) is 16.4 Å². The second kappa shape index (κ2) is 11.5. The zero-order valence-corrected chi connectivity index (χ0v) is 21.7. The number of para-hydroxylation sites is 1. The van der Waals surface area contributed by atoms with Gasteiger partial charge >= 0.3 is 5.97 Å². The molecule has 1 N–H and O–H groups in total. The Bertz CT molecular complexity index is 1260. The number of likely N-dealkylation sites (tertiary alicyclic amines) is 1. The van der Waals surface area contributed by atoms with Crippen molar-refractivity contribution in [2.24, 2.45) is 0 Å². The Morgan fingerprint density at radius 3 is 2.25 bits per heavy atom. The number of carbonyl (C=O) groups excluding carboxylic acids is 3. The lowest BCUT2D eigenvalue weighted by Gasteiger charge is -2.46. The Hall–Kier alpha value is -3.51. The van der Waals surface area contributed by atoms with Crippen molar-refractivity contribution < 1.29 is 37.0 Å². The minimum atomic E-state index is -3.99. The Balaban J connectivity index is 1.88. The molecule has 1 aliphatic rings. The van der Waals surface area contributed by atoms with Crippen LogP contribution in [0.3, 0.4) is 0 Å². The smallest absolute Gasteiger partial charge is 0.358 e. The molecule has 1 fully saturated rings. The molecular formula is C24H26N2O8S2. The van der Waals surface area contributed by atoms with E-state index in [1.54, 1.807) is 42.5 Å². The topological polar surface area (TPSA) is 128 Å². The van der Waals surface area contributed by atoms with Gasteiger partial charge in [0.25, 0.3) is 11.8 Å². The maximum absolute atomic E-state index is 13.2. The molecule has 3 rings (SSSR count). The van der Waals surface area contributed by atoms with Crippen LogP contribution in [0.15, 0.2) is 70.9 Å². The molecule has 1 aliphatic heterocycles. The predicted octanol–water partition coefficient (Wildman–Crippen LogP) is 2.20. The van der Waals surface area contributed by atoms with Gasteiger partial charge in [-0.3, -0.25) is 14.5 Å². The van der Waals surface area contributed by atoms with Crippen molar-refractivity contribution in [3.05, 3.63) is 71.6 Å². The quantitative estimate of drug-likeness (QED) is 0.160. The van der Waals surface area contributed by atoms with Crippen LogP contribution in [-0.4, -0.2) is 63.3 Å². The van der Waals surface area contributed by atoms with Crippen molar-refractivity contribution in [3.63, 3.8) is 0 Å². The fraction of sp³-hybridized carbons (Fsp3) is 0.292. The van der Waals surface area contributed by atoms with Gasteiger partial charge in [0, 0.05) is 10.8 Å². The Labute approximate surface area is 212 Å². The van der Waals surface area contributed by atoms with Crippen molar-refractivity contribution >= 4 is 37.4 Å². The molecule has 0 saturated carbocycles. The largest absolute Gasteiger partial charge is 0.499 e. The highest BCUT2D eigenvalue weighted by molar-refractivity contribution is 8.72.